The van der Waals surface area contributed by atoms with E-state index in [-0.39, 0.29) is 21.8 Å². The number of piperidine rings is 1. The van der Waals surface area contributed by atoms with Gasteiger partial charge in [0, 0.05) is 44.3 Å². The Morgan fingerprint density at radius 1 is 1.08 bits per heavy atom. The Balaban J connectivity index is 1.57. The number of carbonyl (C=O) groups is 1. The molecule has 37 heavy (non-hydrogen) atoms. The standard InChI is InChI=1S/C29H33N3O4S/c1-4-12-30-19-26(29(34)31-16-20(2)14-21(3)17-31)28(33)25-15-24(9-10-27(25)30)37(35,36)32-13-11-22-7-5-6-8-23(22)18-32/h4-10,15,19-21H,1,11-14,16-18H2,2-3H3. The van der Waals surface area contributed by atoms with Crippen LogP contribution in [0.25, 0.3) is 10.9 Å². The number of hydrogen-bond donors (Lipinski definition) is 0. The van der Waals surface area contributed by atoms with Crippen LogP contribution in [0, 0.1) is 11.8 Å². The SMILES string of the molecule is C=CCn1cc(C(=O)N2CC(C)CC(C)C2)c(=O)c2cc(S(=O)(=O)N3CCc4ccccc4C3)ccc21. The third-order valence-corrected chi connectivity index (χ3v) is 9.34. The maximum atomic E-state index is 13.7. The second kappa shape index (κ2) is 9.91. The smallest absolute Gasteiger partial charge is 0.259 e. The van der Waals surface area contributed by atoms with Crippen molar-refractivity contribution < 1.29 is 13.2 Å². The van der Waals surface area contributed by atoms with Gasteiger partial charge in [-0.1, -0.05) is 44.2 Å². The van der Waals surface area contributed by atoms with Crippen molar-refractivity contribution in [1.29, 1.82) is 0 Å². The number of rotatable bonds is 5. The Labute approximate surface area is 218 Å². The molecule has 0 spiro atoms. The lowest BCUT2D eigenvalue weighted by Gasteiger charge is -2.35. The van der Waals surface area contributed by atoms with Gasteiger partial charge in [0.15, 0.2) is 0 Å². The van der Waals surface area contributed by atoms with Crippen LogP contribution < -0.4 is 5.43 Å². The maximum absolute atomic E-state index is 13.7. The van der Waals surface area contributed by atoms with Crippen molar-refractivity contribution in [2.75, 3.05) is 19.6 Å². The molecule has 5 rings (SSSR count). The zero-order chi connectivity index (χ0) is 26.3. The molecule has 1 amide bonds. The highest BCUT2D eigenvalue weighted by Crippen LogP contribution is 2.27. The highest BCUT2D eigenvalue weighted by Gasteiger charge is 2.31. The fourth-order valence-electron chi connectivity index (χ4n) is 5.80. The molecule has 0 aliphatic carbocycles. The number of hydrogen-bond acceptors (Lipinski definition) is 4. The predicted molar refractivity (Wildman–Crippen MR) is 145 cm³/mol. The monoisotopic (exact) mass is 519 g/mol. The first-order valence-electron chi connectivity index (χ1n) is 12.8. The van der Waals surface area contributed by atoms with Gasteiger partial charge in [-0.15, -0.1) is 6.58 Å². The van der Waals surface area contributed by atoms with E-state index in [0.717, 1.165) is 17.5 Å². The normalized spacial score (nSPS) is 20.5. The van der Waals surface area contributed by atoms with Gasteiger partial charge in [0.05, 0.1) is 10.4 Å². The average Bonchev–Trinajstić information content (AvgIpc) is 2.89. The number of nitrogens with zero attached hydrogens (tertiary/aromatic N) is 3. The van der Waals surface area contributed by atoms with Crippen molar-refractivity contribution in [1.82, 2.24) is 13.8 Å². The Bertz CT molecular complexity index is 1530. The number of allylic oxidation sites excluding steroid dienone is 1. The van der Waals surface area contributed by atoms with E-state index in [1.807, 2.05) is 24.3 Å². The summed E-state index contributed by atoms with van der Waals surface area (Å²) in [6.07, 6.45) is 4.97. The zero-order valence-electron chi connectivity index (χ0n) is 21.4. The lowest BCUT2D eigenvalue weighted by molar-refractivity contribution is 0.0621. The van der Waals surface area contributed by atoms with Gasteiger partial charge >= 0.3 is 0 Å². The van der Waals surface area contributed by atoms with Crippen LogP contribution in [0.3, 0.4) is 0 Å². The Hall–Kier alpha value is -3.23. The summed E-state index contributed by atoms with van der Waals surface area (Å²) in [5.41, 5.74) is 2.35. The molecule has 2 aliphatic rings. The molecule has 2 unspecified atom stereocenters. The van der Waals surface area contributed by atoms with Crippen molar-refractivity contribution in [3.63, 3.8) is 0 Å². The van der Waals surface area contributed by atoms with Crippen molar-refractivity contribution >= 4 is 26.8 Å². The van der Waals surface area contributed by atoms with Crippen molar-refractivity contribution in [3.8, 4) is 0 Å². The van der Waals surface area contributed by atoms with E-state index in [1.54, 1.807) is 33.9 Å². The molecule has 2 atom stereocenters. The van der Waals surface area contributed by atoms with Crippen LogP contribution in [0.2, 0.25) is 0 Å². The molecule has 0 N–H and O–H groups in total. The van der Waals surface area contributed by atoms with Gasteiger partial charge < -0.3 is 9.47 Å². The second-order valence-corrected chi connectivity index (χ2v) is 12.4. The molecular weight excluding hydrogens is 486 g/mol. The van der Waals surface area contributed by atoms with E-state index < -0.39 is 15.5 Å². The molecular formula is C29H33N3O4S. The number of carbonyl (C=O) groups excluding carboxylic acids is 1. The van der Waals surface area contributed by atoms with Crippen LogP contribution >= 0.6 is 0 Å². The van der Waals surface area contributed by atoms with E-state index in [4.69, 9.17) is 0 Å². The summed E-state index contributed by atoms with van der Waals surface area (Å²) in [5.74, 6) is 0.411. The molecule has 7 nitrogen and oxygen atoms in total. The fourth-order valence-corrected chi connectivity index (χ4v) is 7.25. The summed E-state index contributed by atoms with van der Waals surface area (Å²) in [7, 11) is -3.84. The van der Waals surface area contributed by atoms with Crippen LogP contribution in [0.4, 0.5) is 0 Å². The Morgan fingerprint density at radius 2 is 1.78 bits per heavy atom. The fraction of sp³-hybridized carbons (Fsp3) is 0.379. The van der Waals surface area contributed by atoms with Gasteiger partial charge in [0.2, 0.25) is 15.5 Å². The first-order chi connectivity index (χ1) is 17.7. The topological polar surface area (TPSA) is 79.7 Å². The second-order valence-electron chi connectivity index (χ2n) is 10.5. The number of pyridine rings is 1. The number of sulfonamides is 1. The zero-order valence-corrected chi connectivity index (χ0v) is 22.2. The minimum Gasteiger partial charge on any atom is -0.343 e. The van der Waals surface area contributed by atoms with Crippen LogP contribution in [0.15, 0.2) is 71.0 Å². The van der Waals surface area contributed by atoms with Gasteiger partial charge in [-0.05, 0) is 54.0 Å². The summed E-state index contributed by atoms with van der Waals surface area (Å²) in [5, 5.41) is 0.226. The molecule has 8 heteroatoms. The molecule has 3 aromatic rings. The van der Waals surface area contributed by atoms with Crippen LogP contribution in [0.5, 0.6) is 0 Å². The van der Waals surface area contributed by atoms with Crippen LogP contribution in [-0.2, 0) is 29.5 Å². The number of benzene rings is 2. The van der Waals surface area contributed by atoms with E-state index in [2.05, 4.69) is 20.4 Å². The first kappa shape index (κ1) is 25.4. The van der Waals surface area contributed by atoms with Crippen molar-refractivity contribution in [2.24, 2.45) is 11.8 Å². The number of aromatic nitrogens is 1. The van der Waals surface area contributed by atoms with Crippen molar-refractivity contribution in [2.45, 2.75) is 44.7 Å². The molecule has 2 aliphatic heterocycles. The third kappa shape index (κ3) is 4.76. The first-order valence-corrected chi connectivity index (χ1v) is 14.3. The molecule has 1 fully saturated rings. The maximum Gasteiger partial charge on any atom is 0.259 e. The molecule has 1 saturated heterocycles. The van der Waals surface area contributed by atoms with Gasteiger partial charge in [-0.3, -0.25) is 9.59 Å². The minimum atomic E-state index is -3.84. The molecule has 3 heterocycles. The van der Waals surface area contributed by atoms with E-state index in [9.17, 15) is 18.0 Å². The molecule has 0 radical (unpaired) electrons. The Kier molecular flexibility index (Phi) is 6.81. The molecule has 1 aromatic heterocycles. The third-order valence-electron chi connectivity index (χ3n) is 7.50. The average molecular weight is 520 g/mol. The van der Waals surface area contributed by atoms with Gasteiger partial charge in [0.1, 0.15) is 5.56 Å². The van der Waals surface area contributed by atoms with E-state index >= 15 is 0 Å². The summed E-state index contributed by atoms with van der Waals surface area (Å²) < 4.78 is 30.5. The van der Waals surface area contributed by atoms with Gasteiger partial charge in [-0.25, -0.2) is 8.42 Å². The highest BCUT2D eigenvalue weighted by molar-refractivity contribution is 7.89. The summed E-state index contributed by atoms with van der Waals surface area (Å²) >= 11 is 0. The summed E-state index contributed by atoms with van der Waals surface area (Å²) in [6.45, 7) is 10.3. The van der Waals surface area contributed by atoms with E-state index in [1.165, 1.54) is 10.4 Å². The lowest BCUT2D eigenvalue weighted by Crippen LogP contribution is -2.44. The largest absolute Gasteiger partial charge is 0.343 e. The molecule has 194 valence electrons. The predicted octanol–water partition coefficient (Wildman–Crippen LogP) is 4.05. The number of fused-ring (bicyclic) bond motifs is 2. The minimum absolute atomic E-state index is 0.0615. The summed E-state index contributed by atoms with van der Waals surface area (Å²) in [4.78, 5) is 29.0. The molecule has 2 aromatic carbocycles. The molecule has 0 bridgehead atoms. The summed E-state index contributed by atoms with van der Waals surface area (Å²) in [6, 6.07) is 12.5. The van der Waals surface area contributed by atoms with Crippen molar-refractivity contribution in [3.05, 3.63) is 88.2 Å². The van der Waals surface area contributed by atoms with Gasteiger partial charge in [0.25, 0.3) is 5.91 Å². The lowest BCUT2D eigenvalue weighted by atomic mass is 9.91. The quantitative estimate of drug-likeness (QED) is 0.477. The van der Waals surface area contributed by atoms with E-state index in [0.29, 0.717) is 56.5 Å². The number of likely N-dealkylation sites (tertiary alicyclic amines) is 1. The Morgan fingerprint density at radius 3 is 2.49 bits per heavy atom. The van der Waals surface area contributed by atoms with Gasteiger partial charge in [-0.2, -0.15) is 4.31 Å². The van der Waals surface area contributed by atoms with Crippen LogP contribution in [-0.4, -0.2) is 47.7 Å². The number of amides is 1. The van der Waals surface area contributed by atoms with Crippen LogP contribution in [0.1, 0.15) is 41.8 Å². The highest BCUT2D eigenvalue weighted by atomic mass is 32.2. The molecule has 0 saturated carbocycles.